The Balaban J connectivity index is 1.44. The van der Waals surface area contributed by atoms with Crippen LogP contribution >= 0.6 is 0 Å². The van der Waals surface area contributed by atoms with Gasteiger partial charge in [0.25, 0.3) is 11.5 Å². The number of ether oxygens (including phenoxy) is 1. The Kier molecular flexibility index (Phi) is 5.53. The van der Waals surface area contributed by atoms with Crippen LogP contribution in [0.4, 0.5) is 4.39 Å². The monoisotopic (exact) mass is 409 g/mol. The van der Waals surface area contributed by atoms with E-state index in [4.69, 9.17) is 4.74 Å². The number of benzene rings is 2. The number of aryl methyl sites for hydroxylation is 1. The highest BCUT2D eigenvalue weighted by atomic mass is 19.1. The molecule has 1 aliphatic heterocycles. The topological polar surface area (TPSA) is 64.4 Å². The third kappa shape index (κ3) is 3.79. The number of amides is 1. The fourth-order valence-electron chi connectivity index (χ4n) is 4.05. The Labute approximate surface area is 173 Å². The molecular formula is C23H24FN3O3. The number of hydrogen-bond donors (Lipinski definition) is 0. The van der Waals surface area contributed by atoms with Crippen molar-refractivity contribution < 1.29 is 13.9 Å². The minimum absolute atomic E-state index is 0.0229. The molecule has 1 aromatic heterocycles. The van der Waals surface area contributed by atoms with Crippen LogP contribution < -0.4 is 10.3 Å². The first-order chi connectivity index (χ1) is 14.5. The summed E-state index contributed by atoms with van der Waals surface area (Å²) >= 11 is 0. The van der Waals surface area contributed by atoms with Crippen LogP contribution in [0.15, 0.2) is 47.3 Å². The summed E-state index contributed by atoms with van der Waals surface area (Å²) in [5.41, 5.74) is 1.01. The average molecular weight is 409 g/mol. The first-order valence-corrected chi connectivity index (χ1v) is 10.1. The minimum Gasteiger partial charge on any atom is -0.494 e. The quantitative estimate of drug-likeness (QED) is 0.663. The molecule has 1 fully saturated rings. The molecule has 0 spiro atoms. The van der Waals surface area contributed by atoms with Crippen LogP contribution in [0.1, 0.15) is 29.0 Å². The molecule has 2 heterocycles. The van der Waals surface area contributed by atoms with E-state index in [1.165, 1.54) is 19.2 Å². The molecule has 2 aromatic carbocycles. The largest absolute Gasteiger partial charge is 0.494 e. The van der Waals surface area contributed by atoms with Crippen molar-refractivity contribution in [3.8, 4) is 5.75 Å². The van der Waals surface area contributed by atoms with E-state index in [9.17, 15) is 14.0 Å². The van der Waals surface area contributed by atoms with Gasteiger partial charge in [-0.2, -0.15) is 0 Å². The van der Waals surface area contributed by atoms with Crippen molar-refractivity contribution in [3.05, 3.63) is 70.0 Å². The number of likely N-dealkylation sites (tertiary alicyclic amines) is 1. The van der Waals surface area contributed by atoms with E-state index in [0.29, 0.717) is 41.9 Å². The molecule has 0 aliphatic carbocycles. The highest BCUT2D eigenvalue weighted by Gasteiger charge is 2.25. The molecule has 1 saturated heterocycles. The van der Waals surface area contributed by atoms with Crippen molar-refractivity contribution in [2.24, 2.45) is 5.92 Å². The predicted octanol–water partition coefficient (Wildman–Crippen LogP) is 3.41. The first kappa shape index (κ1) is 20.1. The van der Waals surface area contributed by atoms with E-state index in [1.807, 2.05) is 25.1 Å². The summed E-state index contributed by atoms with van der Waals surface area (Å²) in [6, 6.07) is 11.6. The van der Waals surface area contributed by atoms with Gasteiger partial charge in [-0.25, -0.2) is 9.37 Å². The zero-order chi connectivity index (χ0) is 21.3. The van der Waals surface area contributed by atoms with Crippen LogP contribution in [0.25, 0.3) is 10.9 Å². The molecule has 1 aliphatic rings. The van der Waals surface area contributed by atoms with E-state index in [1.54, 1.807) is 21.6 Å². The molecule has 1 amide bonds. The summed E-state index contributed by atoms with van der Waals surface area (Å²) in [6.07, 6.45) is 1.56. The van der Waals surface area contributed by atoms with Crippen molar-refractivity contribution in [3.63, 3.8) is 0 Å². The SMILES string of the molecule is COc1ccc(C(=O)N2CCC(Cn3c(C)nc4ccccc4c3=O)CC2)cc1F. The lowest BCUT2D eigenvalue weighted by Crippen LogP contribution is -2.40. The number of hydrogen-bond acceptors (Lipinski definition) is 4. The lowest BCUT2D eigenvalue weighted by Gasteiger charge is -2.32. The van der Waals surface area contributed by atoms with Gasteiger partial charge in [-0.05, 0) is 56.0 Å². The molecule has 4 rings (SSSR count). The maximum Gasteiger partial charge on any atom is 0.261 e. The van der Waals surface area contributed by atoms with Gasteiger partial charge in [-0.15, -0.1) is 0 Å². The van der Waals surface area contributed by atoms with Gasteiger partial charge >= 0.3 is 0 Å². The Bertz CT molecular complexity index is 1150. The molecule has 7 heteroatoms. The number of carbonyl (C=O) groups is 1. The Morgan fingerprint density at radius 3 is 2.63 bits per heavy atom. The maximum atomic E-state index is 13.9. The molecular weight excluding hydrogens is 385 g/mol. The van der Waals surface area contributed by atoms with Gasteiger partial charge in [0.15, 0.2) is 11.6 Å². The van der Waals surface area contributed by atoms with Crippen LogP contribution in [-0.2, 0) is 6.54 Å². The van der Waals surface area contributed by atoms with Gasteiger partial charge in [-0.3, -0.25) is 14.2 Å². The number of nitrogens with zero attached hydrogens (tertiary/aromatic N) is 3. The van der Waals surface area contributed by atoms with Gasteiger partial charge in [0.05, 0.1) is 18.0 Å². The summed E-state index contributed by atoms with van der Waals surface area (Å²) in [4.78, 5) is 31.9. The van der Waals surface area contributed by atoms with Crippen molar-refractivity contribution >= 4 is 16.8 Å². The molecule has 0 saturated carbocycles. The fourth-order valence-corrected chi connectivity index (χ4v) is 4.05. The highest BCUT2D eigenvalue weighted by Crippen LogP contribution is 2.23. The van der Waals surface area contributed by atoms with Crippen LogP contribution in [0.3, 0.4) is 0 Å². The lowest BCUT2D eigenvalue weighted by molar-refractivity contribution is 0.0681. The normalized spacial score (nSPS) is 14.8. The highest BCUT2D eigenvalue weighted by molar-refractivity contribution is 5.94. The van der Waals surface area contributed by atoms with Crippen LogP contribution in [0.5, 0.6) is 5.75 Å². The predicted molar refractivity (Wildman–Crippen MR) is 112 cm³/mol. The lowest BCUT2D eigenvalue weighted by atomic mass is 9.96. The Morgan fingerprint density at radius 1 is 1.20 bits per heavy atom. The van der Waals surface area contributed by atoms with Crippen molar-refractivity contribution in [2.75, 3.05) is 20.2 Å². The number of methoxy groups -OCH3 is 1. The van der Waals surface area contributed by atoms with Gasteiger partial charge in [0.1, 0.15) is 5.82 Å². The number of para-hydroxylation sites is 1. The van der Waals surface area contributed by atoms with Crippen molar-refractivity contribution in [1.82, 2.24) is 14.5 Å². The molecule has 156 valence electrons. The van der Waals surface area contributed by atoms with Gasteiger partial charge in [0, 0.05) is 25.2 Å². The second-order valence-corrected chi connectivity index (χ2v) is 7.68. The molecule has 0 unspecified atom stereocenters. The number of piperidine rings is 1. The summed E-state index contributed by atoms with van der Waals surface area (Å²) in [5, 5.41) is 0.622. The summed E-state index contributed by atoms with van der Waals surface area (Å²) in [6.45, 7) is 3.59. The fraction of sp³-hybridized carbons (Fsp3) is 0.348. The van der Waals surface area contributed by atoms with Gasteiger partial charge in [-0.1, -0.05) is 12.1 Å². The maximum absolute atomic E-state index is 13.9. The number of halogens is 1. The van der Waals surface area contributed by atoms with E-state index in [0.717, 1.165) is 12.8 Å². The molecule has 3 aromatic rings. The zero-order valence-corrected chi connectivity index (χ0v) is 17.1. The number of carbonyl (C=O) groups excluding carboxylic acids is 1. The third-order valence-electron chi connectivity index (χ3n) is 5.79. The van der Waals surface area contributed by atoms with E-state index in [2.05, 4.69) is 4.98 Å². The zero-order valence-electron chi connectivity index (χ0n) is 17.1. The second kappa shape index (κ2) is 8.26. The molecule has 0 bridgehead atoms. The molecule has 0 radical (unpaired) electrons. The smallest absolute Gasteiger partial charge is 0.261 e. The van der Waals surface area contributed by atoms with Gasteiger partial charge < -0.3 is 9.64 Å². The van der Waals surface area contributed by atoms with Gasteiger partial charge in [0.2, 0.25) is 0 Å². The van der Waals surface area contributed by atoms with Crippen LogP contribution in [-0.4, -0.2) is 40.6 Å². The number of aromatic nitrogens is 2. The second-order valence-electron chi connectivity index (χ2n) is 7.68. The first-order valence-electron chi connectivity index (χ1n) is 10.1. The minimum atomic E-state index is -0.545. The number of rotatable bonds is 4. The molecule has 6 nitrogen and oxygen atoms in total. The summed E-state index contributed by atoms with van der Waals surface area (Å²) in [7, 11) is 1.39. The Morgan fingerprint density at radius 2 is 1.93 bits per heavy atom. The molecule has 30 heavy (non-hydrogen) atoms. The molecule has 0 N–H and O–H groups in total. The average Bonchev–Trinajstić information content (AvgIpc) is 2.76. The van der Waals surface area contributed by atoms with E-state index in [-0.39, 0.29) is 23.1 Å². The van der Waals surface area contributed by atoms with Crippen molar-refractivity contribution in [2.45, 2.75) is 26.3 Å². The Hall–Kier alpha value is -3.22. The van der Waals surface area contributed by atoms with Crippen LogP contribution in [0, 0.1) is 18.7 Å². The van der Waals surface area contributed by atoms with E-state index >= 15 is 0 Å². The summed E-state index contributed by atoms with van der Waals surface area (Å²) in [5.74, 6) is 0.370. The van der Waals surface area contributed by atoms with Crippen molar-refractivity contribution in [1.29, 1.82) is 0 Å². The van der Waals surface area contributed by atoms with Crippen LogP contribution in [0.2, 0.25) is 0 Å². The standard InChI is InChI=1S/C23H24FN3O3/c1-15-25-20-6-4-3-5-18(20)23(29)27(15)14-16-9-11-26(12-10-16)22(28)17-7-8-21(30-2)19(24)13-17/h3-8,13,16H,9-12,14H2,1-2H3. The third-order valence-corrected chi connectivity index (χ3v) is 5.79. The number of fused-ring (bicyclic) bond motifs is 1. The van der Waals surface area contributed by atoms with E-state index < -0.39 is 5.82 Å². The summed E-state index contributed by atoms with van der Waals surface area (Å²) < 4.78 is 20.6. The molecule has 0 atom stereocenters.